The van der Waals surface area contributed by atoms with Crippen molar-refractivity contribution in [2.75, 3.05) is 0 Å². The van der Waals surface area contributed by atoms with Gasteiger partial charge in [-0.2, -0.15) is 0 Å². The Labute approximate surface area is 197 Å². The summed E-state index contributed by atoms with van der Waals surface area (Å²) in [5.41, 5.74) is 0.705. The van der Waals surface area contributed by atoms with Crippen molar-refractivity contribution < 1.29 is 33.8 Å². The molecule has 1 heterocycles. The highest BCUT2D eigenvalue weighted by Gasteiger charge is 2.36. The molecule has 8 heteroatoms. The lowest BCUT2D eigenvalue weighted by atomic mass is 9.85. The third-order valence-electron chi connectivity index (χ3n) is 5.20. The molecule has 7 nitrogen and oxygen atoms in total. The van der Waals surface area contributed by atoms with E-state index in [9.17, 15) is 24.6 Å². The number of hydrogen-bond donors (Lipinski definition) is 2. The lowest BCUT2D eigenvalue weighted by molar-refractivity contribution is 0.0339. The predicted octanol–water partition coefficient (Wildman–Crippen LogP) is 5.49. The quantitative estimate of drug-likeness (QED) is 0.264. The van der Waals surface area contributed by atoms with Gasteiger partial charge in [-0.1, -0.05) is 27.6 Å². The molecule has 4 rings (SSSR count). The fourth-order valence-corrected chi connectivity index (χ4v) is 3.94. The molecule has 168 valence electrons. The van der Waals surface area contributed by atoms with Crippen molar-refractivity contribution >= 4 is 44.4 Å². The molecular weight excluding hydrogens is 492 g/mol. The molecule has 0 bridgehead atoms. The molecule has 1 aliphatic rings. The first-order valence-corrected chi connectivity index (χ1v) is 10.8. The first-order chi connectivity index (χ1) is 15.7. The summed E-state index contributed by atoms with van der Waals surface area (Å²) >= 11 is 3.34. The van der Waals surface area contributed by atoms with E-state index in [-0.39, 0.29) is 28.9 Å². The molecule has 0 radical (unpaired) electrons. The third kappa shape index (κ3) is 4.34. The van der Waals surface area contributed by atoms with E-state index in [1.165, 1.54) is 6.07 Å². The summed E-state index contributed by atoms with van der Waals surface area (Å²) in [5, 5.41) is 20.9. The van der Waals surface area contributed by atoms with Crippen LogP contribution < -0.4 is 0 Å². The van der Waals surface area contributed by atoms with Crippen molar-refractivity contribution in [2.45, 2.75) is 26.4 Å². The van der Waals surface area contributed by atoms with Crippen LogP contribution in [-0.4, -0.2) is 33.9 Å². The first-order valence-electron chi connectivity index (χ1n) is 10.0. The molecule has 0 fully saturated rings. The number of phenolic OH excluding ortho intramolecular Hbond substituents is 2. The number of allylic oxidation sites excluding steroid dienone is 2. The van der Waals surface area contributed by atoms with E-state index in [2.05, 4.69) is 15.9 Å². The van der Waals surface area contributed by atoms with E-state index in [0.717, 1.165) is 28.3 Å². The predicted molar refractivity (Wildman–Crippen MR) is 124 cm³/mol. The lowest BCUT2D eigenvalue weighted by Crippen LogP contribution is -2.29. The van der Waals surface area contributed by atoms with Gasteiger partial charge in [0.1, 0.15) is 23.2 Å². The molecule has 1 aliphatic carbocycles. The average molecular weight is 511 g/mol. The van der Waals surface area contributed by atoms with Crippen LogP contribution in [0.4, 0.5) is 0 Å². The maximum absolute atomic E-state index is 13.2. The number of carbonyl (C=O) groups excluding carboxylic acids is 3. The summed E-state index contributed by atoms with van der Waals surface area (Å²) in [6.07, 6.45) is 1.82. The summed E-state index contributed by atoms with van der Waals surface area (Å²) in [6.45, 7) is 3.69. The van der Waals surface area contributed by atoms with E-state index in [1.54, 1.807) is 24.3 Å². The number of furan rings is 1. The number of carbonyl (C=O) groups is 3. The molecule has 0 aliphatic heterocycles. The van der Waals surface area contributed by atoms with Crippen molar-refractivity contribution in [3.05, 3.63) is 81.1 Å². The minimum absolute atomic E-state index is 0.0543. The van der Waals surface area contributed by atoms with Crippen LogP contribution in [0, 0.1) is 0 Å². The summed E-state index contributed by atoms with van der Waals surface area (Å²) in [5.74, 6) is -3.08. The SMILES string of the molecule is CC(C)=CC[C@@H](OC(=O)c1cc2ccc(Br)cc2o1)C1=CC(=O)c2c(O)ccc(O)c2C1=O. The number of benzene rings is 2. The number of halogens is 1. The number of aromatic hydroxyl groups is 2. The maximum atomic E-state index is 13.2. The largest absolute Gasteiger partial charge is 0.507 e. The summed E-state index contributed by atoms with van der Waals surface area (Å²) < 4.78 is 12.0. The van der Waals surface area contributed by atoms with Crippen LogP contribution in [0.5, 0.6) is 11.5 Å². The van der Waals surface area contributed by atoms with Gasteiger partial charge in [0.15, 0.2) is 11.6 Å². The van der Waals surface area contributed by atoms with Crippen LogP contribution in [0.3, 0.4) is 0 Å². The Kier molecular flexibility index (Phi) is 5.95. The number of fused-ring (bicyclic) bond motifs is 2. The minimum atomic E-state index is -1.11. The highest BCUT2D eigenvalue weighted by Crippen LogP contribution is 2.36. The molecule has 0 saturated heterocycles. The molecule has 33 heavy (non-hydrogen) atoms. The van der Waals surface area contributed by atoms with Gasteiger partial charge < -0.3 is 19.4 Å². The van der Waals surface area contributed by atoms with E-state index in [0.29, 0.717) is 11.0 Å². The van der Waals surface area contributed by atoms with Crippen LogP contribution in [0.25, 0.3) is 11.0 Å². The van der Waals surface area contributed by atoms with Crippen molar-refractivity contribution in [3.63, 3.8) is 0 Å². The van der Waals surface area contributed by atoms with Gasteiger partial charge in [0.25, 0.3) is 0 Å². The summed E-state index contributed by atoms with van der Waals surface area (Å²) in [7, 11) is 0. The Balaban J connectivity index is 1.71. The van der Waals surface area contributed by atoms with Gasteiger partial charge in [-0.3, -0.25) is 9.59 Å². The van der Waals surface area contributed by atoms with Crippen LogP contribution in [-0.2, 0) is 4.74 Å². The van der Waals surface area contributed by atoms with Crippen LogP contribution >= 0.6 is 15.9 Å². The second-order valence-corrected chi connectivity index (χ2v) is 8.77. The second kappa shape index (κ2) is 8.71. The molecule has 0 amide bonds. The smallest absolute Gasteiger partial charge is 0.374 e. The van der Waals surface area contributed by atoms with E-state index < -0.39 is 35.1 Å². The van der Waals surface area contributed by atoms with Crippen LogP contribution in [0.1, 0.15) is 51.5 Å². The maximum Gasteiger partial charge on any atom is 0.374 e. The molecule has 3 aromatic rings. The monoisotopic (exact) mass is 510 g/mol. The van der Waals surface area contributed by atoms with Gasteiger partial charge in [-0.15, -0.1) is 0 Å². The zero-order valence-corrected chi connectivity index (χ0v) is 19.3. The highest BCUT2D eigenvalue weighted by atomic mass is 79.9. The standard InChI is InChI=1S/C25H19BrO7/c1-12(2)3-8-19(33-25(31)21-9-13-4-5-14(26)10-20(13)32-21)15-11-18(29)22-16(27)6-7-17(28)23(22)24(15)30/h3-7,9-11,19,27-28H,8H2,1-2H3/t19-/m1/s1. The number of rotatable bonds is 5. The minimum Gasteiger partial charge on any atom is -0.507 e. The van der Waals surface area contributed by atoms with E-state index >= 15 is 0 Å². The fraction of sp³-hybridized carbons (Fsp3) is 0.160. The molecule has 0 spiro atoms. The summed E-state index contributed by atoms with van der Waals surface area (Å²) in [4.78, 5) is 38.8. The molecule has 1 aromatic heterocycles. The molecule has 0 saturated carbocycles. The van der Waals surface area contributed by atoms with Gasteiger partial charge in [0, 0.05) is 21.9 Å². The van der Waals surface area contributed by atoms with Crippen LogP contribution in [0.15, 0.2) is 68.6 Å². The molecule has 2 N–H and O–H groups in total. The van der Waals surface area contributed by atoms with Crippen LogP contribution in [0.2, 0.25) is 0 Å². The third-order valence-corrected chi connectivity index (χ3v) is 5.70. The second-order valence-electron chi connectivity index (χ2n) is 7.85. The molecule has 1 atom stereocenters. The lowest BCUT2D eigenvalue weighted by Gasteiger charge is -2.23. The Morgan fingerprint density at radius 3 is 2.48 bits per heavy atom. The van der Waals surface area contributed by atoms with Gasteiger partial charge in [0.2, 0.25) is 5.76 Å². The Bertz CT molecular complexity index is 1370. The summed E-state index contributed by atoms with van der Waals surface area (Å²) in [6, 6.07) is 9.10. The number of phenols is 2. The number of Topliss-reactive ketones (excluding diaryl/α,β-unsaturated/α-hetero) is 1. The van der Waals surface area contributed by atoms with Gasteiger partial charge in [-0.25, -0.2) is 4.79 Å². The number of ether oxygens (including phenoxy) is 1. The van der Waals surface area contributed by atoms with Gasteiger partial charge in [0.05, 0.1) is 11.1 Å². The van der Waals surface area contributed by atoms with Crippen molar-refractivity contribution in [2.24, 2.45) is 0 Å². The number of ketones is 2. The normalized spacial score (nSPS) is 14.0. The number of hydrogen-bond acceptors (Lipinski definition) is 7. The van der Waals surface area contributed by atoms with Gasteiger partial charge in [-0.05, 0) is 56.3 Å². The molecule has 0 unspecified atom stereocenters. The Morgan fingerprint density at radius 1 is 1.09 bits per heavy atom. The fourth-order valence-electron chi connectivity index (χ4n) is 3.60. The average Bonchev–Trinajstić information content (AvgIpc) is 3.18. The number of esters is 1. The zero-order chi connectivity index (χ0) is 23.9. The topological polar surface area (TPSA) is 114 Å². The Hall–Kier alpha value is -3.65. The van der Waals surface area contributed by atoms with Crippen molar-refractivity contribution in [1.29, 1.82) is 0 Å². The van der Waals surface area contributed by atoms with E-state index in [1.807, 2.05) is 13.8 Å². The molecule has 2 aromatic carbocycles. The van der Waals surface area contributed by atoms with E-state index in [4.69, 9.17) is 9.15 Å². The van der Waals surface area contributed by atoms with Crippen molar-refractivity contribution in [3.8, 4) is 11.5 Å². The first kappa shape index (κ1) is 22.5. The highest BCUT2D eigenvalue weighted by molar-refractivity contribution is 9.10. The Morgan fingerprint density at radius 2 is 1.79 bits per heavy atom. The van der Waals surface area contributed by atoms with Crippen molar-refractivity contribution in [1.82, 2.24) is 0 Å². The molecular formula is C25H19BrO7. The zero-order valence-electron chi connectivity index (χ0n) is 17.7. The van der Waals surface area contributed by atoms with Gasteiger partial charge >= 0.3 is 5.97 Å².